The molecule has 1 unspecified atom stereocenters. The third-order valence-electron chi connectivity index (χ3n) is 5.47. The van der Waals surface area contributed by atoms with Crippen LogP contribution in [0.5, 0.6) is 5.75 Å². The summed E-state index contributed by atoms with van der Waals surface area (Å²) in [4.78, 5) is 14.9. The first-order valence-electron chi connectivity index (χ1n) is 10.2. The standard InChI is InChI=1S/C24H26N4O2/c1-17-5-7-18(8-6-17)22-13-14-23(27-26-22)28-15-3-4-19(16-28)24(29)25-20-9-11-21(30-2)12-10-20/h5-14,19H,3-4,15-16H2,1-2H3,(H,25,29). The average Bonchev–Trinajstić information content (AvgIpc) is 2.80. The summed E-state index contributed by atoms with van der Waals surface area (Å²) in [5.41, 5.74) is 3.90. The number of carbonyl (C=O) groups is 1. The molecule has 30 heavy (non-hydrogen) atoms. The summed E-state index contributed by atoms with van der Waals surface area (Å²) in [5.74, 6) is 1.53. The molecule has 1 amide bonds. The van der Waals surface area contributed by atoms with Gasteiger partial charge in [-0.15, -0.1) is 10.2 Å². The van der Waals surface area contributed by atoms with Crippen LogP contribution in [0.4, 0.5) is 11.5 Å². The van der Waals surface area contributed by atoms with Crippen LogP contribution in [0.3, 0.4) is 0 Å². The number of ether oxygens (including phenoxy) is 1. The highest BCUT2D eigenvalue weighted by Crippen LogP contribution is 2.25. The molecule has 0 spiro atoms. The first-order valence-corrected chi connectivity index (χ1v) is 10.2. The topological polar surface area (TPSA) is 67.3 Å². The van der Waals surface area contributed by atoms with E-state index in [0.717, 1.165) is 47.9 Å². The van der Waals surface area contributed by atoms with E-state index in [9.17, 15) is 4.79 Å². The Morgan fingerprint density at radius 2 is 1.80 bits per heavy atom. The van der Waals surface area contributed by atoms with Gasteiger partial charge in [0.2, 0.25) is 5.91 Å². The van der Waals surface area contributed by atoms with Gasteiger partial charge in [-0.1, -0.05) is 29.8 Å². The van der Waals surface area contributed by atoms with Crippen molar-refractivity contribution in [3.8, 4) is 17.0 Å². The van der Waals surface area contributed by atoms with Gasteiger partial charge in [-0.25, -0.2) is 0 Å². The number of rotatable bonds is 5. The fourth-order valence-electron chi connectivity index (χ4n) is 3.69. The number of amides is 1. The van der Waals surface area contributed by atoms with E-state index in [1.165, 1.54) is 5.56 Å². The van der Waals surface area contributed by atoms with Crippen LogP contribution in [0.15, 0.2) is 60.7 Å². The highest BCUT2D eigenvalue weighted by atomic mass is 16.5. The Kier molecular flexibility index (Phi) is 5.93. The van der Waals surface area contributed by atoms with E-state index in [0.29, 0.717) is 6.54 Å². The summed E-state index contributed by atoms with van der Waals surface area (Å²) in [6.07, 6.45) is 1.81. The Bertz CT molecular complexity index is 985. The van der Waals surface area contributed by atoms with Crippen molar-refractivity contribution in [3.63, 3.8) is 0 Å². The fourth-order valence-corrected chi connectivity index (χ4v) is 3.69. The summed E-state index contributed by atoms with van der Waals surface area (Å²) in [7, 11) is 1.63. The number of benzene rings is 2. The van der Waals surface area contributed by atoms with E-state index < -0.39 is 0 Å². The summed E-state index contributed by atoms with van der Waals surface area (Å²) in [6.45, 7) is 3.58. The molecule has 1 fully saturated rings. The second kappa shape index (κ2) is 8.95. The Labute approximate surface area is 176 Å². The molecule has 0 radical (unpaired) electrons. The number of aryl methyl sites for hydroxylation is 1. The van der Waals surface area contributed by atoms with Gasteiger partial charge in [-0.05, 0) is 56.2 Å². The molecule has 1 atom stereocenters. The zero-order valence-corrected chi connectivity index (χ0v) is 17.3. The molecule has 1 N–H and O–H groups in total. The molecule has 0 aliphatic carbocycles. The number of nitrogens with one attached hydrogen (secondary N) is 1. The highest BCUT2D eigenvalue weighted by molar-refractivity contribution is 5.93. The summed E-state index contributed by atoms with van der Waals surface area (Å²) in [5, 5.41) is 11.8. The Balaban J connectivity index is 1.40. The Hall–Kier alpha value is -3.41. The maximum Gasteiger partial charge on any atom is 0.229 e. The third-order valence-corrected chi connectivity index (χ3v) is 5.47. The van der Waals surface area contributed by atoms with Gasteiger partial charge in [0.25, 0.3) is 0 Å². The summed E-state index contributed by atoms with van der Waals surface area (Å²) >= 11 is 0. The van der Waals surface area contributed by atoms with Crippen LogP contribution in [-0.2, 0) is 4.79 Å². The molecule has 0 saturated carbocycles. The lowest BCUT2D eigenvalue weighted by Crippen LogP contribution is -2.41. The van der Waals surface area contributed by atoms with E-state index in [-0.39, 0.29) is 11.8 Å². The monoisotopic (exact) mass is 402 g/mol. The smallest absolute Gasteiger partial charge is 0.229 e. The lowest BCUT2D eigenvalue weighted by Gasteiger charge is -2.32. The van der Waals surface area contributed by atoms with Crippen LogP contribution in [0, 0.1) is 12.8 Å². The minimum Gasteiger partial charge on any atom is -0.497 e. The van der Waals surface area contributed by atoms with Gasteiger partial charge in [0, 0.05) is 24.3 Å². The minimum absolute atomic E-state index is 0.0362. The maximum atomic E-state index is 12.8. The number of hydrogen-bond acceptors (Lipinski definition) is 5. The van der Waals surface area contributed by atoms with E-state index in [2.05, 4.69) is 51.6 Å². The number of methoxy groups -OCH3 is 1. The molecule has 1 aromatic heterocycles. The van der Waals surface area contributed by atoms with Crippen molar-refractivity contribution in [1.29, 1.82) is 0 Å². The molecule has 3 aromatic rings. The van der Waals surface area contributed by atoms with Crippen LogP contribution in [0.25, 0.3) is 11.3 Å². The number of aromatic nitrogens is 2. The average molecular weight is 402 g/mol. The summed E-state index contributed by atoms with van der Waals surface area (Å²) in [6, 6.07) is 19.6. The largest absolute Gasteiger partial charge is 0.497 e. The molecule has 2 heterocycles. The molecule has 154 valence electrons. The molecule has 1 saturated heterocycles. The molecular weight excluding hydrogens is 376 g/mol. The van der Waals surface area contributed by atoms with Crippen molar-refractivity contribution in [2.75, 3.05) is 30.4 Å². The summed E-state index contributed by atoms with van der Waals surface area (Å²) < 4.78 is 5.16. The molecule has 6 heteroatoms. The lowest BCUT2D eigenvalue weighted by molar-refractivity contribution is -0.120. The van der Waals surface area contributed by atoms with Gasteiger partial charge in [-0.2, -0.15) is 0 Å². The molecule has 0 bridgehead atoms. The first kappa shape index (κ1) is 19.9. The molecule has 2 aromatic carbocycles. The SMILES string of the molecule is COc1ccc(NC(=O)C2CCCN(c3ccc(-c4ccc(C)cc4)nn3)C2)cc1. The molecule has 4 rings (SSSR count). The quantitative estimate of drug-likeness (QED) is 0.689. The molecule has 1 aliphatic rings. The van der Waals surface area contributed by atoms with Crippen molar-refractivity contribution in [2.45, 2.75) is 19.8 Å². The number of piperidine rings is 1. The van der Waals surface area contributed by atoms with E-state index >= 15 is 0 Å². The van der Waals surface area contributed by atoms with Gasteiger partial charge in [-0.3, -0.25) is 4.79 Å². The molecule has 1 aliphatic heterocycles. The van der Waals surface area contributed by atoms with Gasteiger partial charge in [0.15, 0.2) is 5.82 Å². The lowest BCUT2D eigenvalue weighted by atomic mass is 9.97. The van der Waals surface area contributed by atoms with Gasteiger partial charge >= 0.3 is 0 Å². The van der Waals surface area contributed by atoms with Crippen molar-refractivity contribution in [1.82, 2.24) is 10.2 Å². The second-order valence-corrected chi connectivity index (χ2v) is 7.65. The normalized spacial score (nSPS) is 16.2. The number of nitrogens with zero attached hydrogens (tertiary/aromatic N) is 3. The van der Waals surface area contributed by atoms with Crippen molar-refractivity contribution in [3.05, 3.63) is 66.2 Å². The molecular formula is C24H26N4O2. The van der Waals surface area contributed by atoms with E-state index in [4.69, 9.17) is 4.74 Å². The Morgan fingerprint density at radius 3 is 2.47 bits per heavy atom. The van der Waals surface area contributed by atoms with Crippen molar-refractivity contribution in [2.24, 2.45) is 5.92 Å². The predicted octanol–water partition coefficient (Wildman–Crippen LogP) is 4.32. The zero-order chi connectivity index (χ0) is 20.9. The predicted molar refractivity (Wildman–Crippen MR) is 119 cm³/mol. The van der Waals surface area contributed by atoms with Crippen LogP contribution < -0.4 is 15.0 Å². The van der Waals surface area contributed by atoms with Crippen molar-refractivity contribution >= 4 is 17.4 Å². The minimum atomic E-state index is -0.0839. The van der Waals surface area contributed by atoms with Crippen LogP contribution in [0.1, 0.15) is 18.4 Å². The highest BCUT2D eigenvalue weighted by Gasteiger charge is 2.27. The zero-order valence-electron chi connectivity index (χ0n) is 17.3. The first-order chi connectivity index (χ1) is 14.6. The van der Waals surface area contributed by atoms with Crippen LogP contribution >= 0.6 is 0 Å². The fraction of sp³-hybridized carbons (Fsp3) is 0.292. The van der Waals surface area contributed by atoms with Gasteiger partial charge in [0.05, 0.1) is 18.7 Å². The van der Waals surface area contributed by atoms with E-state index in [1.807, 2.05) is 36.4 Å². The maximum absolute atomic E-state index is 12.8. The number of anilines is 2. The molecule has 6 nitrogen and oxygen atoms in total. The number of hydrogen-bond donors (Lipinski definition) is 1. The third kappa shape index (κ3) is 4.59. The second-order valence-electron chi connectivity index (χ2n) is 7.65. The van der Waals surface area contributed by atoms with Gasteiger partial charge in [0.1, 0.15) is 5.75 Å². The van der Waals surface area contributed by atoms with E-state index in [1.54, 1.807) is 7.11 Å². The van der Waals surface area contributed by atoms with Crippen LogP contribution in [-0.4, -0.2) is 36.3 Å². The number of carbonyl (C=O) groups excluding carboxylic acids is 1. The van der Waals surface area contributed by atoms with Crippen LogP contribution in [0.2, 0.25) is 0 Å². The Morgan fingerprint density at radius 1 is 1.03 bits per heavy atom. The van der Waals surface area contributed by atoms with Gasteiger partial charge < -0.3 is 15.0 Å². The van der Waals surface area contributed by atoms with Crippen molar-refractivity contribution < 1.29 is 9.53 Å².